The molecule has 0 aliphatic carbocycles. The second-order valence-electron chi connectivity index (χ2n) is 4.01. The molecule has 0 saturated carbocycles. The first kappa shape index (κ1) is 11.8. The normalized spacial score (nSPS) is 20.0. The monoisotopic (exact) mass is 232 g/mol. The Bertz CT molecular complexity index is 413. The molecule has 5 heteroatoms. The molecule has 2 heterocycles. The number of aromatic nitrogens is 1. The van der Waals surface area contributed by atoms with Crippen molar-refractivity contribution in [3.8, 4) is 6.07 Å². The number of rotatable bonds is 3. The molecule has 1 aliphatic rings. The average molecular weight is 232 g/mol. The molecule has 1 aliphatic heterocycles. The van der Waals surface area contributed by atoms with Crippen LogP contribution in [-0.2, 0) is 4.74 Å². The second kappa shape index (κ2) is 5.62. The minimum absolute atomic E-state index is 0.182. The van der Waals surface area contributed by atoms with Crippen molar-refractivity contribution in [3.05, 3.63) is 23.9 Å². The summed E-state index contributed by atoms with van der Waals surface area (Å²) in [4.78, 5) is 6.46. The Morgan fingerprint density at radius 1 is 1.71 bits per heavy atom. The molecular weight excluding hydrogens is 216 g/mol. The van der Waals surface area contributed by atoms with Gasteiger partial charge in [0.1, 0.15) is 5.82 Å². The van der Waals surface area contributed by atoms with Gasteiger partial charge in [-0.2, -0.15) is 5.26 Å². The highest BCUT2D eigenvalue weighted by Gasteiger charge is 2.20. The molecule has 0 amide bonds. The Labute approximate surface area is 101 Å². The van der Waals surface area contributed by atoms with Gasteiger partial charge in [0.2, 0.25) is 0 Å². The molecule has 90 valence electrons. The van der Waals surface area contributed by atoms with Crippen LogP contribution in [0.15, 0.2) is 18.3 Å². The fourth-order valence-corrected chi connectivity index (χ4v) is 1.94. The lowest BCUT2D eigenvalue weighted by Gasteiger charge is -2.33. The minimum Gasteiger partial charge on any atom is -0.373 e. The smallest absolute Gasteiger partial charge is 0.129 e. The Morgan fingerprint density at radius 2 is 2.59 bits per heavy atom. The van der Waals surface area contributed by atoms with Gasteiger partial charge >= 0.3 is 0 Å². The zero-order chi connectivity index (χ0) is 12.1. The maximum Gasteiger partial charge on any atom is 0.129 e. The van der Waals surface area contributed by atoms with Crippen molar-refractivity contribution in [1.82, 2.24) is 10.3 Å². The molecule has 2 rings (SSSR count). The molecule has 0 bridgehead atoms. The number of hydrogen-bond donors (Lipinski definition) is 1. The quantitative estimate of drug-likeness (QED) is 0.816. The molecule has 17 heavy (non-hydrogen) atoms. The highest BCUT2D eigenvalue weighted by atomic mass is 16.5. The number of pyridine rings is 1. The summed E-state index contributed by atoms with van der Waals surface area (Å²) in [6, 6.07) is 5.67. The van der Waals surface area contributed by atoms with Crippen LogP contribution in [0.4, 0.5) is 5.82 Å². The van der Waals surface area contributed by atoms with Gasteiger partial charge in [-0.15, -0.1) is 0 Å². The number of ether oxygens (including phenoxy) is 1. The molecule has 1 aromatic rings. The summed E-state index contributed by atoms with van der Waals surface area (Å²) in [5.74, 6) is 0.855. The molecule has 1 N–H and O–H groups in total. The van der Waals surface area contributed by atoms with Gasteiger partial charge in [0, 0.05) is 25.8 Å². The molecule has 1 fully saturated rings. The predicted octanol–water partition coefficient (Wildman–Crippen LogP) is 0.378. The second-order valence-corrected chi connectivity index (χ2v) is 4.01. The van der Waals surface area contributed by atoms with E-state index < -0.39 is 0 Å². The van der Waals surface area contributed by atoms with Crippen LogP contribution < -0.4 is 10.2 Å². The number of anilines is 1. The average Bonchev–Trinajstić information content (AvgIpc) is 2.40. The van der Waals surface area contributed by atoms with Gasteiger partial charge < -0.3 is 15.0 Å². The van der Waals surface area contributed by atoms with Crippen LogP contribution in [0.2, 0.25) is 0 Å². The Kier molecular flexibility index (Phi) is 3.91. The lowest BCUT2D eigenvalue weighted by atomic mass is 10.2. The summed E-state index contributed by atoms with van der Waals surface area (Å²) >= 11 is 0. The van der Waals surface area contributed by atoms with E-state index in [0.29, 0.717) is 12.2 Å². The summed E-state index contributed by atoms with van der Waals surface area (Å²) < 4.78 is 5.63. The molecule has 1 aromatic heterocycles. The highest BCUT2D eigenvalue weighted by molar-refractivity contribution is 5.45. The standard InChI is InChI=1S/C12H16N4O/c1-14-8-11-9-16(4-5-17-11)12-6-10(7-13)2-3-15-12/h2-3,6,11,14H,4-5,8-9H2,1H3. The van der Waals surface area contributed by atoms with Crippen LogP contribution in [-0.4, -0.2) is 44.4 Å². The van der Waals surface area contributed by atoms with Gasteiger partial charge in [0.05, 0.1) is 24.3 Å². The maximum atomic E-state index is 8.87. The molecule has 1 saturated heterocycles. The van der Waals surface area contributed by atoms with E-state index in [2.05, 4.69) is 21.3 Å². The first-order valence-corrected chi connectivity index (χ1v) is 5.71. The van der Waals surface area contributed by atoms with Gasteiger partial charge in [-0.25, -0.2) is 4.98 Å². The van der Waals surface area contributed by atoms with Crippen LogP contribution in [0.5, 0.6) is 0 Å². The Balaban J connectivity index is 2.08. The molecule has 5 nitrogen and oxygen atoms in total. The third-order valence-corrected chi connectivity index (χ3v) is 2.77. The SMILES string of the molecule is CNCC1CN(c2cc(C#N)ccn2)CCO1. The zero-order valence-electron chi connectivity index (χ0n) is 9.89. The molecule has 0 spiro atoms. The van der Waals surface area contributed by atoms with Crippen molar-refractivity contribution >= 4 is 5.82 Å². The molecule has 1 atom stereocenters. The van der Waals surface area contributed by atoms with Crippen LogP contribution in [0.3, 0.4) is 0 Å². The molecule has 0 radical (unpaired) electrons. The summed E-state index contributed by atoms with van der Waals surface area (Å²) in [7, 11) is 1.91. The van der Waals surface area contributed by atoms with Crippen LogP contribution >= 0.6 is 0 Å². The summed E-state index contributed by atoms with van der Waals surface area (Å²) in [5.41, 5.74) is 0.645. The van der Waals surface area contributed by atoms with E-state index in [-0.39, 0.29) is 6.10 Å². The van der Waals surface area contributed by atoms with E-state index in [4.69, 9.17) is 10.00 Å². The first-order chi connectivity index (χ1) is 8.33. The molecule has 1 unspecified atom stereocenters. The lowest BCUT2D eigenvalue weighted by molar-refractivity contribution is 0.0419. The van der Waals surface area contributed by atoms with Crippen LogP contribution in [0.25, 0.3) is 0 Å². The van der Waals surface area contributed by atoms with E-state index in [1.165, 1.54) is 0 Å². The van der Waals surface area contributed by atoms with E-state index in [9.17, 15) is 0 Å². The van der Waals surface area contributed by atoms with Gasteiger partial charge in [0.15, 0.2) is 0 Å². The van der Waals surface area contributed by atoms with E-state index in [1.54, 1.807) is 12.3 Å². The van der Waals surface area contributed by atoms with Crippen LogP contribution in [0, 0.1) is 11.3 Å². The van der Waals surface area contributed by atoms with Crippen molar-refractivity contribution in [3.63, 3.8) is 0 Å². The molecular formula is C12H16N4O. The number of morpholine rings is 1. The number of hydrogen-bond acceptors (Lipinski definition) is 5. The van der Waals surface area contributed by atoms with Gasteiger partial charge in [-0.1, -0.05) is 0 Å². The van der Waals surface area contributed by atoms with Gasteiger partial charge in [-0.05, 0) is 19.2 Å². The Hall–Kier alpha value is -1.64. The lowest BCUT2D eigenvalue weighted by Crippen LogP contribution is -2.46. The van der Waals surface area contributed by atoms with Crippen molar-refractivity contribution in [1.29, 1.82) is 5.26 Å². The third kappa shape index (κ3) is 2.93. The highest BCUT2D eigenvalue weighted by Crippen LogP contribution is 2.15. The maximum absolute atomic E-state index is 8.87. The van der Waals surface area contributed by atoms with E-state index >= 15 is 0 Å². The minimum atomic E-state index is 0.182. The zero-order valence-corrected chi connectivity index (χ0v) is 9.89. The predicted molar refractivity (Wildman–Crippen MR) is 64.8 cm³/mol. The number of nitrogens with one attached hydrogen (secondary N) is 1. The topological polar surface area (TPSA) is 61.2 Å². The third-order valence-electron chi connectivity index (χ3n) is 2.77. The van der Waals surface area contributed by atoms with Gasteiger partial charge in [-0.3, -0.25) is 0 Å². The number of nitriles is 1. The summed E-state index contributed by atoms with van der Waals surface area (Å²) in [6.45, 7) is 3.16. The van der Waals surface area contributed by atoms with E-state index in [0.717, 1.165) is 25.5 Å². The van der Waals surface area contributed by atoms with Gasteiger partial charge in [0.25, 0.3) is 0 Å². The van der Waals surface area contributed by atoms with Crippen molar-refractivity contribution in [2.45, 2.75) is 6.10 Å². The van der Waals surface area contributed by atoms with Crippen molar-refractivity contribution < 1.29 is 4.74 Å². The fourth-order valence-electron chi connectivity index (χ4n) is 1.94. The Morgan fingerprint density at radius 3 is 3.35 bits per heavy atom. The van der Waals surface area contributed by atoms with Crippen molar-refractivity contribution in [2.75, 3.05) is 38.2 Å². The number of nitrogens with zero attached hydrogens (tertiary/aromatic N) is 3. The first-order valence-electron chi connectivity index (χ1n) is 5.71. The van der Waals surface area contributed by atoms with E-state index in [1.807, 2.05) is 13.1 Å². The number of likely N-dealkylation sites (N-methyl/N-ethyl adjacent to an activating group) is 1. The molecule has 0 aromatic carbocycles. The fraction of sp³-hybridized carbons (Fsp3) is 0.500. The van der Waals surface area contributed by atoms with Crippen LogP contribution in [0.1, 0.15) is 5.56 Å². The largest absolute Gasteiger partial charge is 0.373 e. The van der Waals surface area contributed by atoms with Crippen molar-refractivity contribution in [2.24, 2.45) is 0 Å². The summed E-state index contributed by atoms with van der Waals surface area (Å²) in [6.07, 6.45) is 1.86. The summed E-state index contributed by atoms with van der Waals surface area (Å²) in [5, 5.41) is 12.0.